The number of aryl methyl sites for hydroxylation is 1. The highest BCUT2D eigenvalue weighted by Crippen LogP contribution is 2.23. The first-order valence-corrected chi connectivity index (χ1v) is 8.28. The van der Waals surface area contributed by atoms with Gasteiger partial charge in [-0.2, -0.15) is 0 Å². The minimum absolute atomic E-state index is 0.0697. The lowest BCUT2D eigenvalue weighted by Crippen LogP contribution is -2.32. The standard InChI is InChI=1S/C19H25N3O3/c1-13-12-17(21-25-13)22(14(2)23)11-10-18(24)20-16-8-6-15(7-9-16)19(3,4)5/h6-9,12H,10-11H2,1-5H3,(H,20,24). The van der Waals surface area contributed by atoms with Crippen molar-refractivity contribution in [3.8, 4) is 0 Å². The van der Waals surface area contributed by atoms with Crippen molar-refractivity contribution >= 4 is 23.3 Å². The lowest BCUT2D eigenvalue weighted by Gasteiger charge is -2.19. The zero-order valence-electron chi connectivity index (χ0n) is 15.4. The zero-order chi connectivity index (χ0) is 18.6. The average Bonchev–Trinajstić information content (AvgIpc) is 2.93. The smallest absolute Gasteiger partial charge is 0.226 e. The van der Waals surface area contributed by atoms with Crippen molar-refractivity contribution in [1.29, 1.82) is 0 Å². The van der Waals surface area contributed by atoms with Crippen LogP contribution in [-0.2, 0) is 15.0 Å². The molecule has 6 heteroatoms. The first kappa shape index (κ1) is 18.7. The molecule has 0 saturated carbocycles. The molecule has 6 nitrogen and oxygen atoms in total. The SMILES string of the molecule is CC(=O)N(CCC(=O)Nc1ccc(C(C)(C)C)cc1)c1cc(C)on1. The molecule has 0 spiro atoms. The van der Waals surface area contributed by atoms with Crippen molar-refractivity contribution in [3.63, 3.8) is 0 Å². The molecule has 2 amide bonds. The molecule has 2 rings (SSSR count). The van der Waals surface area contributed by atoms with Gasteiger partial charge >= 0.3 is 0 Å². The second-order valence-corrected chi connectivity index (χ2v) is 7.09. The third-order valence-electron chi connectivity index (χ3n) is 3.87. The van der Waals surface area contributed by atoms with Gasteiger partial charge in [0.2, 0.25) is 11.8 Å². The van der Waals surface area contributed by atoms with E-state index in [4.69, 9.17) is 4.52 Å². The number of carbonyl (C=O) groups is 2. The van der Waals surface area contributed by atoms with Gasteiger partial charge in [-0.05, 0) is 30.0 Å². The maximum absolute atomic E-state index is 12.2. The van der Waals surface area contributed by atoms with Gasteiger partial charge in [0, 0.05) is 31.6 Å². The number of rotatable bonds is 5. The first-order chi connectivity index (χ1) is 11.7. The van der Waals surface area contributed by atoms with E-state index in [9.17, 15) is 9.59 Å². The van der Waals surface area contributed by atoms with Crippen LogP contribution < -0.4 is 10.2 Å². The van der Waals surface area contributed by atoms with Gasteiger partial charge < -0.3 is 9.84 Å². The van der Waals surface area contributed by atoms with E-state index in [0.29, 0.717) is 11.6 Å². The summed E-state index contributed by atoms with van der Waals surface area (Å²) in [6.45, 7) is 9.86. The van der Waals surface area contributed by atoms with Crippen LogP contribution >= 0.6 is 0 Å². The number of aromatic nitrogens is 1. The quantitative estimate of drug-likeness (QED) is 0.899. The van der Waals surface area contributed by atoms with Crippen LogP contribution in [0.2, 0.25) is 0 Å². The summed E-state index contributed by atoms with van der Waals surface area (Å²) in [6, 6.07) is 9.47. The summed E-state index contributed by atoms with van der Waals surface area (Å²) in [5.41, 5.74) is 2.01. The maximum atomic E-state index is 12.2. The Morgan fingerprint density at radius 2 is 1.84 bits per heavy atom. The topological polar surface area (TPSA) is 75.4 Å². The van der Waals surface area contributed by atoms with Crippen LogP contribution in [0.4, 0.5) is 11.5 Å². The van der Waals surface area contributed by atoms with Gasteiger partial charge in [0.25, 0.3) is 0 Å². The van der Waals surface area contributed by atoms with Crippen LogP contribution in [0.5, 0.6) is 0 Å². The van der Waals surface area contributed by atoms with Gasteiger partial charge in [0.05, 0.1) is 0 Å². The molecular formula is C19H25N3O3. The van der Waals surface area contributed by atoms with E-state index in [-0.39, 0.29) is 30.2 Å². The molecule has 0 bridgehead atoms. The van der Waals surface area contributed by atoms with Crippen LogP contribution in [0, 0.1) is 6.92 Å². The lowest BCUT2D eigenvalue weighted by atomic mass is 9.87. The second kappa shape index (κ2) is 7.51. The fourth-order valence-corrected chi connectivity index (χ4v) is 2.40. The number of hydrogen-bond donors (Lipinski definition) is 1. The molecule has 0 radical (unpaired) electrons. The molecule has 2 aromatic rings. The van der Waals surface area contributed by atoms with Crippen LogP contribution in [-0.4, -0.2) is 23.5 Å². The molecule has 0 atom stereocenters. The summed E-state index contributed by atoms with van der Waals surface area (Å²) in [7, 11) is 0. The van der Waals surface area contributed by atoms with Gasteiger partial charge in [0.15, 0.2) is 5.82 Å². The van der Waals surface area contributed by atoms with Crippen LogP contribution in [0.15, 0.2) is 34.9 Å². The number of carbonyl (C=O) groups excluding carboxylic acids is 2. The molecule has 0 aliphatic carbocycles. The van der Waals surface area contributed by atoms with Crippen LogP contribution in [0.25, 0.3) is 0 Å². The Morgan fingerprint density at radius 3 is 2.32 bits per heavy atom. The summed E-state index contributed by atoms with van der Waals surface area (Å²) >= 11 is 0. The van der Waals surface area contributed by atoms with Gasteiger partial charge in [0.1, 0.15) is 5.76 Å². The molecule has 1 aromatic heterocycles. The molecule has 0 saturated heterocycles. The van der Waals surface area contributed by atoms with E-state index >= 15 is 0 Å². The Bertz CT molecular complexity index is 742. The number of benzene rings is 1. The molecule has 1 aromatic carbocycles. The van der Waals surface area contributed by atoms with Gasteiger partial charge in [-0.25, -0.2) is 0 Å². The van der Waals surface area contributed by atoms with E-state index in [1.54, 1.807) is 13.0 Å². The highest BCUT2D eigenvalue weighted by molar-refractivity contribution is 5.94. The monoisotopic (exact) mass is 343 g/mol. The van der Waals surface area contributed by atoms with Crippen LogP contribution in [0.3, 0.4) is 0 Å². The molecule has 1 N–H and O–H groups in total. The maximum Gasteiger partial charge on any atom is 0.226 e. The molecular weight excluding hydrogens is 318 g/mol. The first-order valence-electron chi connectivity index (χ1n) is 8.28. The van der Waals surface area contributed by atoms with Gasteiger partial charge in [-0.15, -0.1) is 0 Å². The summed E-state index contributed by atoms with van der Waals surface area (Å²) in [4.78, 5) is 25.4. The Kier molecular flexibility index (Phi) is 5.62. The molecule has 0 aliphatic heterocycles. The fraction of sp³-hybridized carbons (Fsp3) is 0.421. The number of nitrogens with one attached hydrogen (secondary N) is 1. The van der Waals surface area contributed by atoms with Crippen molar-refractivity contribution in [2.45, 2.75) is 46.5 Å². The summed E-state index contributed by atoms with van der Waals surface area (Å²) < 4.78 is 4.99. The zero-order valence-corrected chi connectivity index (χ0v) is 15.4. The Morgan fingerprint density at radius 1 is 1.20 bits per heavy atom. The minimum Gasteiger partial charge on any atom is -0.360 e. The lowest BCUT2D eigenvalue weighted by molar-refractivity contribution is -0.117. The van der Waals surface area contributed by atoms with Crippen molar-refractivity contribution < 1.29 is 14.1 Å². The van der Waals surface area contributed by atoms with Crippen molar-refractivity contribution in [2.24, 2.45) is 0 Å². The van der Waals surface area contributed by atoms with E-state index in [0.717, 1.165) is 5.69 Å². The number of anilines is 2. The molecule has 0 aliphatic rings. The number of hydrogen-bond acceptors (Lipinski definition) is 4. The molecule has 134 valence electrons. The second-order valence-electron chi connectivity index (χ2n) is 7.09. The number of nitrogens with zero attached hydrogens (tertiary/aromatic N) is 2. The molecule has 25 heavy (non-hydrogen) atoms. The molecule has 0 fully saturated rings. The Hall–Kier alpha value is -2.63. The van der Waals surface area contributed by atoms with Gasteiger partial charge in [-0.3, -0.25) is 14.5 Å². The summed E-state index contributed by atoms with van der Waals surface area (Å²) in [5, 5.41) is 6.68. The fourth-order valence-electron chi connectivity index (χ4n) is 2.40. The minimum atomic E-state index is -0.185. The third-order valence-corrected chi connectivity index (χ3v) is 3.87. The average molecular weight is 343 g/mol. The predicted octanol–water partition coefficient (Wildman–Crippen LogP) is 3.66. The normalized spacial score (nSPS) is 11.2. The van der Waals surface area contributed by atoms with Crippen molar-refractivity contribution in [2.75, 3.05) is 16.8 Å². The largest absolute Gasteiger partial charge is 0.360 e. The van der Waals surface area contributed by atoms with Crippen molar-refractivity contribution in [1.82, 2.24) is 5.16 Å². The summed E-state index contributed by atoms with van der Waals surface area (Å²) in [5.74, 6) is 0.697. The van der Waals surface area contributed by atoms with E-state index in [2.05, 4.69) is 31.2 Å². The molecule has 0 unspecified atom stereocenters. The van der Waals surface area contributed by atoms with E-state index in [1.165, 1.54) is 17.4 Å². The highest BCUT2D eigenvalue weighted by Gasteiger charge is 2.17. The predicted molar refractivity (Wildman–Crippen MR) is 97.7 cm³/mol. The summed E-state index contributed by atoms with van der Waals surface area (Å²) in [6.07, 6.45) is 0.173. The van der Waals surface area contributed by atoms with E-state index in [1.807, 2.05) is 24.3 Å². The van der Waals surface area contributed by atoms with Crippen LogP contribution in [0.1, 0.15) is 45.4 Å². The molecule has 1 heterocycles. The Labute approximate surface area is 148 Å². The van der Waals surface area contributed by atoms with Gasteiger partial charge in [-0.1, -0.05) is 38.1 Å². The van der Waals surface area contributed by atoms with E-state index < -0.39 is 0 Å². The van der Waals surface area contributed by atoms with Crippen molar-refractivity contribution in [3.05, 3.63) is 41.7 Å². The number of amides is 2. The highest BCUT2D eigenvalue weighted by atomic mass is 16.5. The third kappa shape index (κ3) is 5.17. The Balaban J connectivity index is 1.94.